The number of hydrogen-bond donors (Lipinski definition) is 2. The highest BCUT2D eigenvalue weighted by Crippen LogP contribution is 2.13. The third kappa shape index (κ3) is 7.69. The van der Waals surface area contributed by atoms with Gasteiger partial charge in [-0.3, -0.25) is 19.5 Å². The Labute approximate surface area is 175 Å². The number of carbonyl (C=O) groups excluding carboxylic acids is 2. The Morgan fingerprint density at radius 1 is 1.22 bits per heavy atom. The molecule has 9 heteroatoms. The number of piperidine rings is 1. The quantitative estimate of drug-likeness (QED) is 0.263. The summed E-state index contributed by atoms with van der Waals surface area (Å²) in [7, 11) is 1.64. The monoisotopic (exact) mass is 492 g/mol. The van der Waals surface area contributed by atoms with Crippen LogP contribution in [0.25, 0.3) is 0 Å². The van der Waals surface area contributed by atoms with Gasteiger partial charge in [0.15, 0.2) is 5.96 Å². The summed E-state index contributed by atoms with van der Waals surface area (Å²) in [5.41, 5.74) is 0. The van der Waals surface area contributed by atoms with Gasteiger partial charge in [-0.15, -0.1) is 24.0 Å². The molecule has 0 bridgehead atoms. The fraction of sp³-hybridized carbons (Fsp3) is 0.500. The Balaban J connectivity index is 0.00000364. The second-order valence-corrected chi connectivity index (χ2v) is 6.05. The van der Waals surface area contributed by atoms with Crippen LogP contribution in [-0.4, -0.2) is 55.5 Å². The summed E-state index contributed by atoms with van der Waals surface area (Å²) in [4.78, 5) is 28.9. The van der Waals surface area contributed by atoms with Crippen molar-refractivity contribution in [3.63, 3.8) is 0 Å². The first-order valence-electron chi connectivity index (χ1n) is 8.69. The number of guanidine groups is 1. The molecule has 1 atom stereocenters. The van der Waals surface area contributed by atoms with Crippen LogP contribution in [0.3, 0.4) is 0 Å². The van der Waals surface area contributed by atoms with E-state index < -0.39 is 0 Å². The van der Waals surface area contributed by atoms with E-state index in [-0.39, 0.29) is 47.7 Å². The third-order valence-electron chi connectivity index (χ3n) is 3.94. The van der Waals surface area contributed by atoms with Crippen molar-refractivity contribution in [1.82, 2.24) is 15.5 Å². The molecule has 0 aromatic heterocycles. The van der Waals surface area contributed by atoms with Gasteiger partial charge in [0.1, 0.15) is 17.7 Å². The van der Waals surface area contributed by atoms with E-state index in [0.29, 0.717) is 50.6 Å². The number of halogens is 2. The summed E-state index contributed by atoms with van der Waals surface area (Å²) < 4.78 is 18.6. The maximum atomic E-state index is 12.9. The number of benzene rings is 1. The molecule has 1 aliphatic rings. The van der Waals surface area contributed by atoms with Gasteiger partial charge in [0.2, 0.25) is 11.8 Å². The van der Waals surface area contributed by atoms with E-state index in [4.69, 9.17) is 4.74 Å². The summed E-state index contributed by atoms with van der Waals surface area (Å²) >= 11 is 0. The minimum atomic E-state index is -0.307. The van der Waals surface area contributed by atoms with Crippen molar-refractivity contribution in [2.24, 2.45) is 4.99 Å². The molecule has 1 saturated heterocycles. The van der Waals surface area contributed by atoms with Gasteiger partial charge >= 0.3 is 0 Å². The SMILES string of the molecule is CN=C(NCCN1C(=O)CCCC1=O)NCC(C)Oc1ccc(F)cc1.I. The molecule has 2 amide bonds. The zero-order chi connectivity index (χ0) is 18.9. The molecule has 1 aromatic carbocycles. The number of hydrogen-bond acceptors (Lipinski definition) is 4. The van der Waals surface area contributed by atoms with Gasteiger partial charge in [0.05, 0.1) is 6.54 Å². The minimum absolute atomic E-state index is 0. The van der Waals surface area contributed by atoms with Crippen LogP contribution in [0.4, 0.5) is 4.39 Å². The Bertz CT molecular complexity index is 639. The van der Waals surface area contributed by atoms with Crippen LogP contribution in [0.2, 0.25) is 0 Å². The maximum absolute atomic E-state index is 12.9. The molecule has 27 heavy (non-hydrogen) atoms. The summed E-state index contributed by atoms with van der Waals surface area (Å²) in [6.07, 6.45) is 1.33. The molecule has 7 nitrogen and oxygen atoms in total. The molecular weight excluding hydrogens is 466 g/mol. The number of imide groups is 1. The molecule has 1 unspecified atom stereocenters. The molecule has 1 aromatic rings. The van der Waals surface area contributed by atoms with Crippen LogP contribution in [0.1, 0.15) is 26.2 Å². The number of rotatable bonds is 7. The van der Waals surface area contributed by atoms with Crippen LogP contribution in [0.5, 0.6) is 5.75 Å². The van der Waals surface area contributed by atoms with Crippen molar-refractivity contribution < 1.29 is 18.7 Å². The standard InChI is InChI=1S/C18H25FN4O3.HI/c1-13(26-15-8-6-14(19)7-9-15)12-22-18(20-2)21-10-11-23-16(24)4-3-5-17(23)25;/h6-9,13H,3-5,10-12H2,1-2H3,(H2,20,21,22);1H. The van der Waals surface area contributed by atoms with Crippen LogP contribution in [0, 0.1) is 5.82 Å². The molecule has 0 radical (unpaired) electrons. The molecule has 0 aliphatic carbocycles. The van der Waals surface area contributed by atoms with Crippen molar-refractivity contribution in [3.05, 3.63) is 30.1 Å². The molecule has 150 valence electrons. The summed E-state index contributed by atoms with van der Waals surface area (Å²) in [6, 6.07) is 5.84. The molecule has 2 rings (SSSR count). The first-order chi connectivity index (χ1) is 12.5. The van der Waals surface area contributed by atoms with E-state index in [1.54, 1.807) is 19.2 Å². The predicted molar refractivity (Wildman–Crippen MR) is 112 cm³/mol. The molecule has 2 N–H and O–H groups in total. The lowest BCUT2D eigenvalue weighted by molar-refractivity contribution is -0.147. The number of nitrogens with zero attached hydrogens (tertiary/aromatic N) is 2. The van der Waals surface area contributed by atoms with Crippen molar-refractivity contribution in [2.75, 3.05) is 26.7 Å². The smallest absolute Gasteiger partial charge is 0.229 e. The highest BCUT2D eigenvalue weighted by Gasteiger charge is 2.25. The lowest BCUT2D eigenvalue weighted by atomic mass is 10.1. The lowest BCUT2D eigenvalue weighted by Crippen LogP contribution is -2.47. The van der Waals surface area contributed by atoms with E-state index in [1.165, 1.54) is 17.0 Å². The second kappa shape index (κ2) is 11.7. The van der Waals surface area contributed by atoms with E-state index in [0.717, 1.165) is 0 Å². The molecule has 1 fully saturated rings. The number of carbonyl (C=O) groups is 2. The fourth-order valence-electron chi connectivity index (χ4n) is 2.58. The average molecular weight is 492 g/mol. The Morgan fingerprint density at radius 3 is 2.44 bits per heavy atom. The average Bonchev–Trinajstić information content (AvgIpc) is 2.62. The van der Waals surface area contributed by atoms with Gasteiger partial charge in [0.25, 0.3) is 0 Å². The Morgan fingerprint density at radius 2 is 1.85 bits per heavy atom. The fourth-order valence-corrected chi connectivity index (χ4v) is 2.58. The van der Waals surface area contributed by atoms with E-state index in [1.807, 2.05) is 6.92 Å². The van der Waals surface area contributed by atoms with E-state index >= 15 is 0 Å². The highest BCUT2D eigenvalue weighted by molar-refractivity contribution is 14.0. The zero-order valence-electron chi connectivity index (χ0n) is 15.5. The largest absolute Gasteiger partial charge is 0.489 e. The summed E-state index contributed by atoms with van der Waals surface area (Å²) in [5.74, 6) is 0.597. The normalized spacial score (nSPS) is 15.8. The summed E-state index contributed by atoms with van der Waals surface area (Å²) in [6.45, 7) is 3.11. The van der Waals surface area contributed by atoms with Gasteiger partial charge in [-0.05, 0) is 37.6 Å². The number of amides is 2. The van der Waals surface area contributed by atoms with Gasteiger partial charge in [-0.1, -0.05) is 0 Å². The van der Waals surface area contributed by atoms with Crippen molar-refractivity contribution in [3.8, 4) is 5.75 Å². The van der Waals surface area contributed by atoms with Gasteiger partial charge < -0.3 is 15.4 Å². The number of aliphatic imine (C=N–C) groups is 1. The summed E-state index contributed by atoms with van der Waals surface area (Å²) in [5, 5.41) is 6.18. The van der Waals surface area contributed by atoms with Crippen LogP contribution in [0.15, 0.2) is 29.3 Å². The van der Waals surface area contributed by atoms with Crippen molar-refractivity contribution in [2.45, 2.75) is 32.3 Å². The highest BCUT2D eigenvalue weighted by atomic mass is 127. The first kappa shape index (κ1) is 23.1. The molecule has 1 heterocycles. The minimum Gasteiger partial charge on any atom is -0.489 e. The van der Waals surface area contributed by atoms with Crippen LogP contribution >= 0.6 is 24.0 Å². The van der Waals surface area contributed by atoms with Crippen LogP contribution < -0.4 is 15.4 Å². The number of nitrogens with one attached hydrogen (secondary N) is 2. The topological polar surface area (TPSA) is 83.0 Å². The van der Waals surface area contributed by atoms with Gasteiger partial charge in [0, 0.05) is 33.0 Å². The number of likely N-dealkylation sites (tertiary alicyclic amines) is 1. The molecular formula is C18H26FIN4O3. The maximum Gasteiger partial charge on any atom is 0.229 e. The number of ether oxygens (including phenoxy) is 1. The first-order valence-corrected chi connectivity index (χ1v) is 8.69. The second-order valence-electron chi connectivity index (χ2n) is 6.05. The lowest BCUT2D eigenvalue weighted by Gasteiger charge is -2.25. The molecule has 0 saturated carbocycles. The molecule has 1 aliphatic heterocycles. The van der Waals surface area contributed by atoms with Crippen molar-refractivity contribution in [1.29, 1.82) is 0 Å². The third-order valence-corrected chi connectivity index (χ3v) is 3.94. The van der Waals surface area contributed by atoms with Crippen molar-refractivity contribution >= 4 is 41.8 Å². The zero-order valence-corrected chi connectivity index (χ0v) is 17.9. The van der Waals surface area contributed by atoms with Gasteiger partial charge in [-0.2, -0.15) is 0 Å². The Kier molecular flexibility index (Phi) is 10.0. The predicted octanol–water partition coefficient (Wildman–Crippen LogP) is 1.92. The molecule has 0 spiro atoms. The van der Waals surface area contributed by atoms with Gasteiger partial charge in [-0.25, -0.2) is 4.39 Å². The van der Waals surface area contributed by atoms with E-state index in [2.05, 4.69) is 15.6 Å². The van der Waals surface area contributed by atoms with Crippen LogP contribution in [-0.2, 0) is 9.59 Å². The Hall–Kier alpha value is -1.91. The van der Waals surface area contributed by atoms with E-state index in [9.17, 15) is 14.0 Å².